The predicted octanol–water partition coefficient (Wildman–Crippen LogP) is 2.42. The summed E-state index contributed by atoms with van der Waals surface area (Å²) in [4.78, 5) is 27.9. The largest absolute Gasteiger partial charge is 0.395 e. The molecule has 0 bridgehead atoms. The molecule has 5 nitrogen and oxygen atoms in total. The molecule has 0 aromatic rings. The fraction of sp³-hybridized carbons (Fsp3) is 0.882. The topological polar surface area (TPSA) is 60.9 Å². The number of nitrogens with zero attached hydrogens (tertiary/aromatic N) is 2. The molecule has 0 saturated heterocycles. The number of β-amino-alcohol motifs (C(OH)–C–C–N with tert-alkyl or cyclic N) is 1. The molecule has 0 heterocycles. The number of aliphatic hydroxyl groups is 1. The van der Waals surface area contributed by atoms with Gasteiger partial charge in [-0.15, -0.1) is 0 Å². The summed E-state index contributed by atoms with van der Waals surface area (Å²) in [5, 5.41) is 9.22. The van der Waals surface area contributed by atoms with Crippen LogP contribution in [0.1, 0.15) is 67.7 Å². The lowest BCUT2D eigenvalue weighted by Crippen LogP contribution is -2.53. The Bertz CT molecular complexity index is 373. The van der Waals surface area contributed by atoms with Crippen molar-refractivity contribution in [2.24, 2.45) is 0 Å². The maximum Gasteiger partial charge on any atom is 0.222 e. The van der Waals surface area contributed by atoms with E-state index in [-0.39, 0.29) is 24.0 Å². The molecular formula is C17H34N2O3. The molecule has 0 aromatic heterocycles. The highest BCUT2D eigenvalue weighted by molar-refractivity contribution is 5.77. The first kappa shape index (κ1) is 20.9. The van der Waals surface area contributed by atoms with E-state index in [1.54, 1.807) is 4.90 Å². The number of carbonyl (C=O) groups excluding carboxylic acids is 2. The van der Waals surface area contributed by atoms with Crippen LogP contribution in [0.4, 0.5) is 0 Å². The Morgan fingerprint density at radius 1 is 0.864 bits per heavy atom. The molecule has 0 aromatic carbocycles. The molecule has 130 valence electrons. The highest BCUT2D eigenvalue weighted by atomic mass is 16.3. The Labute approximate surface area is 135 Å². The average Bonchev–Trinajstić information content (AvgIpc) is 2.41. The number of hydrogen-bond acceptors (Lipinski definition) is 3. The van der Waals surface area contributed by atoms with Crippen LogP contribution in [0.25, 0.3) is 0 Å². The second kappa shape index (κ2) is 8.51. The van der Waals surface area contributed by atoms with Gasteiger partial charge >= 0.3 is 0 Å². The van der Waals surface area contributed by atoms with Crippen LogP contribution in [0.2, 0.25) is 0 Å². The van der Waals surface area contributed by atoms with Crippen LogP contribution in [0.3, 0.4) is 0 Å². The van der Waals surface area contributed by atoms with E-state index in [9.17, 15) is 14.7 Å². The van der Waals surface area contributed by atoms with Crippen LogP contribution in [-0.4, -0.2) is 57.5 Å². The third-order valence-electron chi connectivity index (χ3n) is 4.02. The van der Waals surface area contributed by atoms with E-state index < -0.39 is 5.54 Å². The van der Waals surface area contributed by atoms with Crippen LogP contribution < -0.4 is 0 Å². The first-order valence-corrected chi connectivity index (χ1v) is 8.23. The quantitative estimate of drug-likeness (QED) is 0.748. The summed E-state index contributed by atoms with van der Waals surface area (Å²) in [6.07, 6.45) is 1.58. The molecule has 0 aliphatic heterocycles. The molecule has 22 heavy (non-hydrogen) atoms. The zero-order valence-electron chi connectivity index (χ0n) is 15.4. The number of aliphatic hydroxyl groups excluding tert-OH is 1. The minimum atomic E-state index is -0.395. The van der Waals surface area contributed by atoms with E-state index in [0.717, 1.165) is 0 Å². The summed E-state index contributed by atoms with van der Waals surface area (Å²) >= 11 is 0. The van der Waals surface area contributed by atoms with Crippen molar-refractivity contribution in [1.29, 1.82) is 0 Å². The van der Waals surface area contributed by atoms with E-state index in [1.807, 2.05) is 53.4 Å². The third-order valence-corrected chi connectivity index (χ3v) is 4.02. The Kier molecular flexibility index (Phi) is 8.09. The van der Waals surface area contributed by atoms with Crippen LogP contribution in [-0.2, 0) is 9.59 Å². The Balaban J connectivity index is 5.07. The average molecular weight is 314 g/mol. The van der Waals surface area contributed by atoms with E-state index in [2.05, 4.69) is 0 Å². The monoisotopic (exact) mass is 314 g/mol. The number of hydrogen-bond donors (Lipinski definition) is 1. The Morgan fingerprint density at radius 2 is 1.32 bits per heavy atom. The molecule has 0 spiro atoms. The normalized spacial score (nSPS) is 12.2. The molecule has 0 radical (unpaired) electrons. The van der Waals surface area contributed by atoms with E-state index in [0.29, 0.717) is 32.4 Å². The van der Waals surface area contributed by atoms with Crippen molar-refractivity contribution in [3.8, 4) is 0 Å². The standard InChI is InChI=1S/C17H34N2O3/c1-8-14(21)18(16(3,4)5)11-10-17(6,7)19(12-13-20)15(22)9-2/h20H,8-13H2,1-7H3. The SMILES string of the molecule is CCC(=O)N(CCC(C)(C)N(CCO)C(=O)CC)C(C)(C)C. The van der Waals surface area contributed by atoms with Gasteiger partial charge < -0.3 is 14.9 Å². The van der Waals surface area contributed by atoms with Gasteiger partial charge in [-0.05, 0) is 41.0 Å². The second-order valence-electron chi connectivity index (χ2n) is 7.25. The molecule has 0 aliphatic carbocycles. The van der Waals surface area contributed by atoms with Gasteiger partial charge in [-0.25, -0.2) is 0 Å². The van der Waals surface area contributed by atoms with Crippen molar-refractivity contribution in [3.63, 3.8) is 0 Å². The Hall–Kier alpha value is -1.10. The van der Waals surface area contributed by atoms with Crippen molar-refractivity contribution < 1.29 is 14.7 Å². The summed E-state index contributed by atoms with van der Waals surface area (Å²) in [6.45, 7) is 14.6. The van der Waals surface area contributed by atoms with Crippen molar-refractivity contribution in [2.45, 2.75) is 78.8 Å². The van der Waals surface area contributed by atoms with Gasteiger partial charge in [-0.3, -0.25) is 9.59 Å². The van der Waals surface area contributed by atoms with E-state index in [1.165, 1.54) is 0 Å². The van der Waals surface area contributed by atoms with Gasteiger partial charge in [0.05, 0.1) is 6.61 Å². The van der Waals surface area contributed by atoms with E-state index in [4.69, 9.17) is 0 Å². The van der Waals surface area contributed by atoms with Crippen molar-refractivity contribution in [1.82, 2.24) is 9.80 Å². The zero-order valence-corrected chi connectivity index (χ0v) is 15.4. The minimum absolute atomic E-state index is 0.0307. The van der Waals surface area contributed by atoms with Crippen molar-refractivity contribution >= 4 is 11.8 Å². The van der Waals surface area contributed by atoms with Crippen molar-refractivity contribution in [2.75, 3.05) is 19.7 Å². The van der Waals surface area contributed by atoms with Gasteiger partial charge in [-0.1, -0.05) is 13.8 Å². The molecule has 2 amide bonds. The summed E-state index contributed by atoms with van der Waals surface area (Å²) in [5.74, 6) is 0.155. The summed E-state index contributed by atoms with van der Waals surface area (Å²) < 4.78 is 0. The Morgan fingerprint density at radius 3 is 1.68 bits per heavy atom. The molecule has 0 fully saturated rings. The van der Waals surface area contributed by atoms with Crippen LogP contribution in [0.15, 0.2) is 0 Å². The highest BCUT2D eigenvalue weighted by Crippen LogP contribution is 2.23. The predicted molar refractivity (Wildman–Crippen MR) is 89.5 cm³/mol. The summed E-state index contributed by atoms with van der Waals surface area (Å²) in [7, 11) is 0. The zero-order chi connectivity index (χ0) is 17.6. The fourth-order valence-corrected chi connectivity index (χ4v) is 2.60. The maximum absolute atomic E-state index is 12.2. The van der Waals surface area contributed by atoms with Gasteiger partial charge in [0.2, 0.25) is 11.8 Å². The van der Waals surface area contributed by atoms with Crippen LogP contribution in [0, 0.1) is 0 Å². The number of rotatable bonds is 8. The van der Waals surface area contributed by atoms with Gasteiger partial charge in [-0.2, -0.15) is 0 Å². The first-order chi connectivity index (χ1) is 10.0. The molecule has 5 heteroatoms. The highest BCUT2D eigenvalue weighted by Gasteiger charge is 2.32. The van der Waals surface area contributed by atoms with Crippen LogP contribution >= 0.6 is 0 Å². The lowest BCUT2D eigenvalue weighted by Gasteiger charge is -2.42. The summed E-state index contributed by atoms with van der Waals surface area (Å²) in [6, 6.07) is 0. The third kappa shape index (κ3) is 5.95. The molecular weight excluding hydrogens is 280 g/mol. The van der Waals surface area contributed by atoms with E-state index >= 15 is 0 Å². The lowest BCUT2D eigenvalue weighted by atomic mass is 9.95. The lowest BCUT2D eigenvalue weighted by molar-refractivity contribution is -0.139. The summed E-state index contributed by atoms with van der Waals surface area (Å²) in [5.41, 5.74) is -0.632. The molecule has 0 rings (SSSR count). The smallest absolute Gasteiger partial charge is 0.222 e. The fourth-order valence-electron chi connectivity index (χ4n) is 2.60. The van der Waals surface area contributed by atoms with Gasteiger partial charge in [0.15, 0.2) is 0 Å². The molecule has 0 unspecified atom stereocenters. The molecule has 0 saturated carbocycles. The molecule has 1 N–H and O–H groups in total. The van der Waals surface area contributed by atoms with Crippen LogP contribution in [0.5, 0.6) is 0 Å². The van der Waals surface area contributed by atoms with Gasteiger partial charge in [0.1, 0.15) is 0 Å². The molecule has 0 aliphatic rings. The van der Waals surface area contributed by atoms with Gasteiger partial charge in [0, 0.05) is 37.0 Å². The maximum atomic E-state index is 12.2. The van der Waals surface area contributed by atoms with Crippen molar-refractivity contribution in [3.05, 3.63) is 0 Å². The van der Waals surface area contributed by atoms with Gasteiger partial charge in [0.25, 0.3) is 0 Å². The first-order valence-electron chi connectivity index (χ1n) is 8.23. The number of amides is 2. The minimum Gasteiger partial charge on any atom is -0.395 e. The molecule has 0 atom stereocenters. The number of carbonyl (C=O) groups is 2. The second-order valence-corrected chi connectivity index (χ2v) is 7.25.